The predicted octanol–water partition coefficient (Wildman–Crippen LogP) is 2.85. The Balaban J connectivity index is 2.38. The first-order valence-corrected chi connectivity index (χ1v) is 6.24. The van der Waals surface area contributed by atoms with Gasteiger partial charge in [0.1, 0.15) is 11.0 Å². The maximum absolute atomic E-state index is 4.16. The van der Waals surface area contributed by atoms with Crippen LogP contribution in [0.3, 0.4) is 0 Å². The average molecular weight is 244 g/mol. The molecule has 0 aliphatic carbocycles. The zero-order chi connectivity index (χ0) is 10.5. The molecular formula is C10H4N4S2. The molecule has 0 aliphatic heterocycles. The average Bonchev–Trinajstić information content (AvgIpc) is 2.96. The highest BCUT2D eigenvalue weighted by molar-refractivity contribution is 7.13. The molecule has 0 fully saturated rings. The summed E-state index contributed by atoms with van der Waals surface area (Å²) in [6.07, 6.45) is 0. The van der Waals surface area contributed by atoms with Crippen molar-refractivity contribution in [2.24, 2.45) is 0 Å². The van der Waals surface area contributed by atoms with Crippen LogP contribution in [0.15, 0.2) is 24.3 Å². The van der Waals surface area contributed by atoms with E-state index in [-0.39, 0.29) is 0 Å². The minimum absolute atomic E-state index is 0.956. The quantitative estimate of drug-likeness (QED) is 0.477. The fourth-order valence-corrected chi connectivity index (χ4v) is 3.05. The van der Waals surface area contributed by atoms with Gasteiger partial charge in [0.25, 0.3) is 0 Å². The van der Waals surface area contributed by atoms with Crippen LogP contribution in [0.2, 0.25) is 0 Å². The van der Waals surface area contributed by atoms with Gasteiger partial charge in [-0.15, -0.1) is 10.2 Å². The summed E-state index contributed by atoms with van der Waals surface area (Å²) in [5.41, 5.74) is 1.91. The standard InChI is InChI=1S/C10H4N4S2/c1-3-7-10(12-14-15-7)6-2-4-8-9(5(1)6)11-13-16-8/h1-4H. The molecule has 4 aromatic rings. The summed E-state index contributed by atoms with van der Waals surface area (Å²) in [6.45, 7) is 0. The molecule has 0 radical (unpaired) electrons. The van der Waals surface area contributed by atoms with Gasteiger partial charge in [0, 0.05) is 10.8 Å². The molecule has 0 N–H and O–H groups in total. The van der Waals surface area contributed by atoms with Crippen LogP contribution >= 0.6 is 23.1 Å². The van der Waals surface area contributed by atoms with Crippen LogP contribution in [-0.4, -0.2) is 19.2 Å². The molecule has 2 heterocycles. The van der Waals surface area contributed by atoms with Crippen molar-refractivity contribution in [2.75, 3.05) is 0 Å². The molecular weight excluding hydrogens is 240 g/mol. The molecule has 0 bridgehead atoms. The summed E-state index contributed by atoms with van der Waals surface area (Å²) in [7, 11) is 0. The second kappa shape index (κ2) is 2.93. The molecule has 0 atom stereocenters. The number of rotatable bonds is 0. The number of aromatic nitrogens is 4. The Bertz CT molecular complexity index is 747. The van der Waals surface area contributed by atoms with Crippen LogP contribution < -0.4 is 0 Å². The topological polar surface area (TPSA) is 51.6 Å². The summed E-state index contributed by atoms with van der Waals surface area (Å²) < 4.78 is 10.2. The zero-order valence-corrected chi connectivity index (χ0v) is 9.55. The Labute approximate surface area is 97.9 Å². The summed E-state index contributed by atoms with van der Waals surface area (Å²) >= 11 is 2.83. The number of hydrogen-bond donors (Lipinski definition) is 0. The summed E-state index contributed by atoms with van der Waals surface area (Å²) in [4.78, 5) is 0. The Morgan fingerprint density at radius 1 is 0.688 bits per heavy atom. The highest BCUT2D eigenvalue weighted by Gasteiger charge is 2.08. The van der Waals surface area contributed by atoms with Crippen LogP contribution in [0.25, 0.3) is 31.2 Å². The predicted molar refractivity (Wildman–Crippen MR) is 65.9 cm³/mol. The molecule has 0 unspecified atom stereocenters. The molecule has 6 heteroatoms. The number of benzene rings is 2. The number of hydrogen-bond acceptors (Lipinski definition) is 6. The van der Waals surface area contributed by atoms with Crippen LogP contribution in [0, 0.1) is 0 Å². The van der Waals surface area contributed by atoms with Gasteiger partial charge in [0.05, 0.1) is 9.40 Å². The van der Waals surface area contributed by atoms with Gasteiger partial charge in [-0.25, -0.2) is 0 Å². The highest BCUT2D eigenvalue weighted by atomic mass is 32.1. The second-order valence-corrected chi connectivity index (χ2v) is 5.04. The van der Waals surface area contributed by atoms with Gasteiger partial charge in [0.15, 0.2) is 0 Å². The SMILES string of the molecule is c1cc2c(ccc3snnc32)c2nnsc12. The molecule has 2 aromatic carbocycles. The van der Waals surface area contributed by atoms with Gasteiger partial charge >= 0.3 is 0 Å². The van der Waals surface area contributed by atoms with Gasteiger partial charge in [-0.3, -0.25) is 0 Å². The Morgan fingerprint density at radius 3 is 1.69 bits per heavy atom. The maximum Gasteiger partial charge on any atom is 0.113 e. The Hall–Kier alpha value is -1.66. The molecule has 0 amide bonds. The molecule has 0 aliphatic rings. The van der Waals surface area contributed by atoms with E-state index in [2.05, 4.69) is 31.3 Å². The molecule has 0 spiro atoms. The molecule has 4 nitrogen and oxygen atoms in total. The van der Waals surface area contributed by atoms with E-state index in [0.29, 0.717) is 0 Å². The van der Waals surface area contributed by atoms with Crippen molar-refractivity contribution in [1.29, 1.82) is 0 Å². The first kappa shape index (κ1) is 8.49. The highest BCUT2D eigenvalue weighted by Crippen LogP contribution is 2.31. The minimum atomic E-state index is 0.956. The minimum Gasteiger partial charge on any atom is -0.137 e. The Morgan fingerprint density at radius 2 is 1.19 bits per heavy atom. The third-order valence-corrected chi connectivity index (χ3v) is 4.01. The third-order valence-electron chi connectivity index (χ3n) is 2.63. The normalized spacial score (nSPS) is 11.8. The molecule has 76 valence electrons. The van der Waals surface area contributed by atoms with Crippen molar-refractivity contribution in [3.05, 3.63) is 24.3 Å². The van der Waals surface area contributed by atoms with Crippen LogP contribution in [-0.2, 0) is 0 Å². The fourth-order valence-electron chi connectivity index (χ4n) is 1.90. The van der Waals surface area contributed by atoms with Gasteiger partial charge in [-0.1, -0.05) is 21.1 Å². The van der Waals surface area contributed by atoms with E-state index in [4.69, 9.17) is 0 Å². The van der Waals surface area contributed by atoms with Crippen molar-refractivity contribution in [3.63, 3.8) is 0 Å². The van der Waals surface area contributed by atoms with Crippen molar-refractivity contribution in [2.45, 2.75) is 0 Å². The smallest absolute Gasteiger partial charge is 0.113 e. The Kier molecular flexibility index (Phi) is 1.55. The number of nitrogens with zero attached hydrogens (tertiary/aromatic N) is 4. The summed E-state index contributed by atoms with van der Waals surface area (Å²) in [5, 5.41) is 10.5. The lowest BCUT2D eigenvalue weighted by Gasteiger charge is -1.97. The third kappa shape index (κ3) is 0.975. The fraction of sp³-hybridized carbons (Fsp3) is 0. The van der Waals surface area contributed by atoms with E-state index >= 15 is 0 Å². The van der Waals surface area contributed by atoms with E-state index in [1.165, 1.54) is 23.1 Å². The lowest BCUT2D eigenvalue weighted by atomic mass is 10.1. The van der Waals surface area contributed by atoms with Crippen LogP contribution in [0.5, 0.6) is 0 Å². The zero-order valence-electron chi connectivity index (χ0n) is 7.91. The van der Waals surface area contributed by atoms with E-state index in [0.717, 1.165) is 31.2 Å². The second-order valence-electron chi connectivity index (χ2n) is 3.47. The van der Waals surface area contributed by atoms with E-state index in [1.807, 2.05) is 12.1 Å². The first-order valence-electron chi connectivity index (χ1n) is 4.69. The molecule has 0 saturated heterocycles. The van der Waals surface area contributed by atoms with E-state index in [1.54, 1.807) is 0 Å². The lowest BCUT2D eigenvalue weighted by molar-refractivity contribution is 1.20. The van der Waals surface area contributed by atoms with E-state index in [9.17, 15) is 0 Å². The molecule has 0 saturated carbocycles. The van der Waals surface area contributed by atoms with E-state index < -0.39 is 0 Å². The maximum atomic E-state index is 4.16. The molecule has 2 aromatic heterocycles. The summed E-state index contributed by atoms with van der Waals surface area (Å²) in [5.74, 6) is 0. The first-order chi connectivity index (χ1) is 7.93. The van der Waals surface area contributed by atoms with Gasteiger partial charge in [0.2, 0.25) is 0 Å². The van der Waals surface area contributed by atoms with Gasteiger partial charge < -0.3 is 0 Å². The lowest BCUT2D eigenvalue weighted by Crippen LogP contribution is -1.78. The van der Waals surface area contributed by atoms with Crippen molar-refractivity contribution >= 4 is 54.3 Å². The van der Waals surface area contributed by atoms with Crippen LogP contribution in [0.1, 0.15) is 0 Å². The van der Waals surface area contributed by atoms with Crippen molar-refractivity contribution in [1.82, 2.24) is 19.2 Å². The molecule has 4 rings (SSSR count). The van der Waals surface area contributed by atoms with Crippen LogP contribution in [0.4, 0.5) is 0 Å². The molecule has 16 heavy (non-hydrogen) atoms. The monoisotopic (exact) mass is 244 g/mol. The summed E-state index contributed by atoms with van der Waals surface area (Å²) in [6, 6.07) is 8.23. The van der Waals surface area contributed by atoms with Gasteiger partial charge in [-0.2, -0.15) is 0 Å². The number of fused-ring (bicyclic) bond motifs is 5. The van der Waals surface area contributed by atoms with Crippen molar-refractivity contribution < 1.29 is 0 Å². The largest absolute Gasteiger partial charge is 0.137 e. The van der Waals surface area contributed by atoms with Crippen molar-refractivity contribution in [3.8, 4) is 0 Å². The van der Waals surface area contributed by atoms with Gasteiger partial charge in [-0.05, 0) is 35.2 Å².